The lowest BCUT2D eigenvalue weighted by atomic mass is 9.40. The van der Waals surface area contributed by atoms with E-state index in [-0.39, 0.29) is 47.3 Å². The van der Waals surface area contributed by atoms with Crippen LogP contribution in [0.3, 0.4) is 0 Å². The standard InChI is InChI=1S/C33H39NO9/c1-30-10-9-23(42-27(37)17-7-8-17)31(2,33(11-12-33)29(39)40-4)21(30)15-22(35)32(3)26(30)25(36)24-20(43-32)14-19(41-28(24)38)18-6-5-13-34-16-18/h5-6,13-14,16-17,21-23,25-26,35-36H,7-12,15H2,1-4H3/t21?,22-,23-,25-,26+,30-,31-,32+/m0/s1. The number of carbonyl (C=O) groups is 2. The first-order valence-corrected chi connectivity index (χ1v) is 15.3. The molecule has 10 nitrogen and oxygen atoms in total. The molecule has 2 N–H and O–H groups in total. The van der Waals surface area contributed by atoms with Gasteiger partial charge in [-0.3, -0.25) is 14.6 Å². The highest BCUT2D eigenvalue weighted by atomic mass is 16.6. The third kappa shape index (κ3) is 3.84. The number of ether oxygens (including phenoxy) is 3. The van der Waals surface area contributed by atoms with Gasteiger partial charge in [-0.25, -0.2) is 4.79 Å². The molecule has 10 heteroatoms. The van der Waals surface area contributed by atoms with Gasteiger partial charge in [0.2, 0.25) is 0 Å². The maximum atomic E-state index is 13.5. The van der Waals surface area contributed by atoms with Gasteiger partial charge in [0.25, 0.3) is 0 Å². The Bertz CT molecular complexity index is 1530. The van der Waals surface area contributed by atoms with E-state index < -0.39 is 51.7 Å². The first-order valence-electron chi connectivity index (χ1n) is 15.3. The van der Waals surface area contributed by atoms with E-state index in [0.29, 0.717) is 31.2 Å². The van der Waals surface area contributed by atoms with Crippen LogP contribution in [-0.2, 0) is 19.1 Å². The molecule has 0 aromatic carbocycles. The molecule has 43 heavy (non-hydrogen) atoms. The van der Waals surface area contributed by atoms with E-state index in [4.69, 9.17) is 18.6 Å². The second kappa shape index (κ2) is 9.38. The molecule has 4 aliphatic carbocycles. The summed E-state index contributed by atoms with van der Waals surface area (Å²) in [6.45, 7) is 5.84. The lowest BCUT2D eigenvalue weighted by Crippen LogP contribution is -2.72. The second-order valence-corrected chi connectivity index (χ2v) is 14.0. The molecule has 2 aromatic rings. The van der Waals surface area contributed by atoms with E-state index in [9.17, 15) is 24.6 Å². The number of hydrogen-bond acceptors (Lipinski definition) is 10. The Kier molecular flexibility index (Phi) is 6.22. The Morgan fingerprint density at radius 2 is 1.84 bits per heavy atom. The monoisotopic (exact) mass is 593 g/mol. The highest BCUT2D eigenvalue weighted by molar-refractivity contribution is 5.81. The van der Waals surface area contributed by atoms with Crippen LogP contribution in [0.25, 0.3) is 11.3 Å². The summed E-state index contributed by atoms with van der Waals surface area (Å²) in [7, 11) is 1.38. The first-order chi connectivity index (χ1) is 20.4. The van der Waals surface area contributed by atoms with Gasteiger partial charge in [0.15, 0.2) is 0 Å². The van der Waals surface area contributed by atoms with Crippen molar-refractivity contribution in [3.8, 4) is 17.1 Å². The van der Waals surface area contributed by atoms with Crippen LogP contribution in [0.1, 0.15) is 77.4 Å². The molecule has 1 aliphatic heterocycles. The molecule has 0 radical (unpaired) electrons. The van der Waals surface area contributed by atoms with E-state index >= 15 is 0 Å². The van der Waals surface area contributed by atoms with Crippen LogP contribution in [0.15, 0.2) is 39.8 Å². The molecule has 0 amide bonds. The van der Waals surface area contributed by atoms with E-state index in [0.717, 1.165) is 12.8 Å². The smallest absolute Gasteiger partial charge is 0.345 e. The van der Waals surface area contributed by atoms with Crippen LogP contribution in [0, 0.1) is 34.0 Å². The number of aromatic nitrogens is 1. The van der Waals surface area contributed by atoms with Gasteiger partial charge in [0.1, 0.15) is 28.8 Å². The predicted molar refractivity (Wildman–Crippen MR) is 152 cm³/mol. The topological polar surface area (TPSA) is 145 Å². The fourth-order valence-electron chi connectivity index (χ4n) is 9.39. The summed E-state index contributed by atoms with van der Waals surface area (Å²) in [5, 5.41) is 24.0. The number of pyridine rings is 1. The number of carbonyl (C=O) groups excluding carboxylic acids is 2. The third-order valence-corrected chi connectivity index (χ3v) is 11.9. The Morgan fingerprint density at radius 3 is 2.47 bits per heavy atom. The molecule has 0 bridgehead atoms. The molecule has 2 aromatic heterocycles. The zero-order chi connectivity index (χ0) is 30.5. The SMILES string of the molecule is COC(=O)C1([C@@]2(C)C3C[C@H](O)[C@@]4(C)Oc5cc(-c6cccnc6)oc(=O)c5[C@H](O)[C@@H]4[C@@]3(C)CC[C@@H]2OC(=O)C2CC2)CC1. The van der Waals surface area contributed by atoms with Crippen molar-refractivity contribution in [1.29, 1.82) is 0 Å². The Hall–Kier alpha value is -3.24. The van der Waals surface area contributed by atoms with Crippen LogP contribution in [0.5, 0.6) is 5.75 Å². The molecule has 0 saturated heterocycles. The summed E-state index contributed by atoms with van der Waals surface area (Å²) in [5.41, 5.74) is -3.84. The van der Waals surface area contributed by atoms with Gasteiger partial charge in [-0.15, -0.1) is 0 Å². The predicted octanol–water partition coefficient (Wildman–Crippen LogP) is 3.96. The first kappa shape index (κ1) is 28.5. The van der Waals surface area contributed by atoms with E-state index in [1.807, 2.05) is 6.92 Å². The van der Waals surface area contributed by atoms with Gasteiger partial charge in [-0.1, -0.05) is 13.8 Å². The molecular formula is C33H39NO9. The Labute approximate surface area is 249 Å². The van der Waals surface area contributed by atoms with Crippen molar-refractivity contribution in [3.05, 3.63) is 46.6 Å². The molecule has 5 aliphatic rings. The van der Waals surface area contributed by atoms with Gasteiger partial charge < -0.3 is 28.8 Å². The summed E-state index contributed by atoms with van der Waals surface area (Å²) in [4.78, 5) is 44.0. The number of hydrogen-bond donors (Lipinski definition) is 2. The summed E-state index contributed by atoms with van der Waals surface area (Å²) >= 11 is 0. The summed E-state index contributed by atoms with van der Waals surface area (Å²) in [6.07, 6.45) is 4.30. The molecule has 4 saturated carbocycles. The minimum Gasteiger partial charge on any atom is -0.484 e. The second-order valence-electron chi connectivity index (χ2n) is 14.0. The average Bonchev–Trinajstić information content (AvgIpc) is 3.90. The Morgan fingerprint density at radius 1 is 1.09 bits per heavy atom. The van der Waals surface area contributed by atoms with Crippen LogP contribution in [-0.4, -0.2) is 52.1 Å². The van der Waals surface area contributed by atoms with Crippen molar-refractivity contribution in [3.63, 3.8) is 0 Å². The summed E-state index contributed by atoms with van der Waals surface area (Å²) < 4.78 is 23.8. The maximum absolute atomic E-state index is 13.5. The van der Waals surface area contributed by atoms with Crippen LogP contribution < -0.4 is 10.4 Å². The lowest BCUT2D eigenvalue weighted by molar-refractivity contribution is -0.273. The minimum absolute atomic E-state index is 0.0160. The molecule has 8 atom stereocenters. The number of nitrogens with zero attached hydrogens (tertiary/aromatic N) is 1. The summed E-state index contributed by atoms with van der Waals surface area (Å²) in [5.74, 6) is -1.34. The molecule has 3 heterocycles. The molecular weight excluding hydrogens is 554 g/mol. The summed E-state index contributed by atoms with van der Waals surface area (Å²) in [6, 6.07) is 5.06. The highest BCUT2D eigenvalue weighted by Gasteiger charge is 2.77. The van der Waals surface area contributed by atoms with Gasteiger partial charge in [-0.05, 0) is 75.3 Å². The molecule has 7 rings (SSSR count). The largest absolute Gasteiger partial charge is 0.484 e. The van der Waals surface area contributed by atoms with Crippen molar-refractivity contribution in [2.45, 2.75) is 89.6 Å². The normalized spacial score (nSPS) is 38.9. The van der Waals surface area contributed by atoms with Gasteiger partial charge in [-0.2, -0.15) is 0 Å². The van der Waals surface area contributed by atoms with Gasteiger partial charge in [0.05, 0.1) is 30.7 Å². The van der Waals surface area contributed by atoms with Crippen molar-refractivity contribution in [2.75, 3.05) is 7.11 Å². The zero-order valence-corrected chi connectivity index (χ0v) is 25.0. The van der Waals surface area contributed by atoms with Crippen molar-refractivity contribution >= 4 is 11.9 Å². The fourth-order valence-corrected chi connectivity index (χ4v) is 9.39. The lowest BCUT2D eigenvalue weighted by Gasteiger charge is -2.67. The molecule has 1 unspecified atom stereocenters. The number of methoxy groups -OCH3 is 1. The van der Waals surface area contributed by atoms with Crippen molar-refractivity contribution < 1.29 is 38.4 Å². The van der Waals surface area contributed by atoms with Crippen LogP contribution in [0.4, 0.5) is 0 Å². The number of aliphatic hydroxyl groups is 2. The number of esters is 2. The maximum Gasteiger partial charge on any atom is 0.345 e. The Balaban J connectivity index is 1.33. The van der Waals surface area contributed by atoms with Crippen LogP contribution >= 0.6 is 0 Å². The highest BCUT2D eigenvalue weighted by Crippen LogP contribution is 2.75. The molecule has 4 fully saturated rings. The van der Waals surface area contributed by atoms with E-state index in [1.165, 1.54) is 7.11 Å². The quantitative estimate of drug-likeness (QED) is 0.489. The molecule has 0 spiro atoms. The number of rotatable bonds is 5. The average molecular weight is 594 g/mol. The zero-order valence-electron chi connectivity index (χ0n) is 25.0. The third-order valence-electron chi connectivity index (χ3n) is 11.9. The van der Waals surface area contributed by atoms with E-state index in [2.05, 4.69) is 11.9 Å². The molecule has 230 valence electrons. The fraction of sp³-hybridized carbons (Fsp3) is 0.636. The van der Waals surface area contributed by atoms with Crippen molar-refractivity contribution in [2.24, 2.45) is 34.0 Å². The van der Waals surface area contributed by atoms with Crippen LogP contribution in [0.2, 0.25) is 0 Å². The van der Waals surface area contributed by atoms with Gasteiger partial charge in [0, 0.05) is 35.4 Å². The number of fused-ring (bicyclic) bond motifs is 4. The van der Waals surface area contributed by atoms with Gasteiger partial charge >= 0.3 is 17.6 Å². The number of aliphatic hydroxyl groups excluding tert-OH is 2. The minimum atomic E-state index is -1.31. The van der Waals surface area contributed by atoms with Crippen molar-refractivity contribution in [1.82, 2.24) is 4.98 Å². The van der Waals surface area contributed by atoms with E-state index in [1.54, 1.807) is 37.5 Å².